The molecule has 0 radical (unpaired) electrons. The number of aromatic nitrogens is 5. The molecule has 4 heterocycles. The summed E-state index contributed by atoms with van der Waals surface area (Å²) >= 11 is 0. The maximum Gasteiger partial charge on any atom is 0.232 e. The average molecular weight is 496 g/mol. The van der Waals surface area contributed by atoms with Gasteiger partial charge in [0.1, 0.15) is 11.5 Å². The normalized spacial score (nSPS) is 14.8. The largest absolute Gasteiger partial charge is 0.365 e. The van der Waals surface area contributed by atoms with E-state index in [0.29, 0.717) is 35.7 Å². The SMILES string of the molecule is CN(c1ccccc1CNc1nc(Nc2cnn(C3CCNCC3)c2)nc2[nH]ccc12)S(C)(=O)=O. The summed E-state index contributed by atoms with van der Waals surface area (Å²) < 4.78 is 27.4. The third-order valence-electron chi connectivity index (χ3n) is 6.23. The molecule has 1 aliphatic rings. The zero-order valence-electron chi connectivity index (χ0n) is 19.7. The fourth-order valence-corrected chi connectivity index (χ4v) is 4.80. The van der Waals surface area contributed by atoms with Crippen LogP contribution >= 0.6 is 0 Å². The van der Waals surface area contributed by atoms with E-state index in [1.165, 1.54) is 10.6 Å². The van der Waals surface area contributed by atoms with E-state index in [9.17, 15) is 8.42 Å². The smallest absolute Gasteiger partial charge is 0.232 e. The fraction of sp³-hybridized carbons (Fsp3) is 0.348. The number of sulfonamides is 1. The molecule has 184 valence electrons. The van der Waals surface area contributed by atoms with E-state index in [1.54, 1.807) is 19.3 Å². The van der Waals surface area contributed by atoms with Crippen LogP contribution < -0.4 is 20.3 Å². The lowest BCUT2D eigenvalue weighted by molar-refractivity contribution is 0.343. The average Bonchev–Trinajstić information content (AvgIpc) is 3.52. The summed E-state index contributed by atoms with van der Waals surface area (Å²) in [6.45, 7) is 2.39. The predicted octanol–water partition coefficient (Wildman–Crippen LogP) is 2.83. The summed E-state index contributed by atoms with van der Waals surface area (Å²) in [7, 11) is -1.83. The second kappa shape index (κ2) is 9.55. The highest BCUT2D eigenvalue weighted by Crippen LogP contribution is 2.27. The maximum absolute atomic E-state index is 12.1. The summed E-state index contributed by atoms with van der Waals surface area (Å²) in [5.41, 5.74) is 2.96. The number of benzene rings is 1. The van der Waals surface area contributed by atoms with Crippen molar-refractivity contribution in [3.05, 3.63) is 54.5 Å². The van der Waals surface area contributed by atoms with Crippen molar-refractivity contribution < 1.29 is 8.42 Å². The first-order valence-electron chi connectivity index (χ1n) is 11.5. The van der Waals surface area contributed by atoms with Crippen LogP contribution in [0.3, 0.4) is 0 Å². The van der Waals surface area contributed by atoms with E-state index in [0.717, 1.165) is 42.6 Å². The van der Waals surface area contributed by atoms with Crippen molar-refractivity contribution in [1.29, 1.82) is 0 Å². The minimum absolute atomic E-state index is 0.389. The van der Waals surface area contributed by atoms with E-state index in [4.69, 9.17) is 4.98 Å². The van der Waals surface area contributed by atoms with Crippen molar-refractivity contribution in [2.45, 2.75) is 25.4 Å². The number of hydrogen-bond donors (Lipinski definition) is 4. The van der Waals surface area contributed by atoms with Gasteiger partial charge in [0.2, 0.25) is 16.0 Å². The third-order valence-corrected chi connectivity index (χ3v) is 7.42. The highest BCUT2D eigenvalue weighted by molar-refractivity contribution is 7.92. The first-order chi connectivity index (χ1) is 16.9. The van der Waals surface area contributed by atoms with Crippen LogP contribution in [-0.2, 0) is 16.6 Å². The molecule has 12 heteroatoms. The number of rotatable bonds is 8. The molecule has 1 saturated heterocycles. The van der Waals surface area contributed by atoms with Gasteiger partial charge in [0, 0.05) is 26.0 Å². The molecule has 0 unspecified atom stereocenters. The Labute approximate surface area is 204 Å². The van der Waals surface area contributed by atoms with Gasteiger partial charge in [-0.3, -0.25) is 8.99 Å². The maximum atomic E-state index is 12.1. The topological polar surface area (TPSA) is 133 Å². The molecule has 1 aromatic carbocycles. The fourth-order valence-electron chi connectivity index (χ4n) is 4.26. The Hall–Kier alpha value is -3.64. The molecule has 4 aromatic rings. The molecular weight excluding hydrogens is 466 g/mol. The molecule has 0 amide bonds. The number of nitrogens with one attached hydrogen (secondary N) is 4. The van der Waals surface area contributed by atoms with E-state index in [2.05, 4.69) is 31.0 Å². The van der Waals surface area contributed by atoms with Crippen molar-refractivity contribution in [1.82, 2.24) is 30.0 Å². The van der Waals surface area contributed by atoms with Gasteiger partial charge in [0.05, 0.1) is 35.3 Å². The molecule has 3 aromatic heterocycles. The summed E-state index contributed by atoms with van der Waals surface area (Å²) in [6.07, 6.45) is 8.88. The van der Waals surface area contributed by atoms with E-state index in [-0.39, 0.29) is 0 Å². The van der Waals surface area contributed by atoms with Crippen molar-refractivity contribution in [3.63, 3.8) is 0 Å². The molecule has 1 aliphatic heterocycles. The van der Waals surface area contributed by atoms with Gasteiger partial charge in [0.15, 0.2) is 0 Å². The number of piperidine rings is 1. The second-order valence-electron chi connectivity index (χ2n) is 8.66. The predicted molar refractivity (Wildman–Crippen MR) is 138 cm³/mol. The highest BCUT2D eigenvalue weighted by atomic mass is 32.2. The monoisotopic (exact) mass is 495 g/mol. The van der Waals surface area contributed by atoms with Crippen LogP contribution in [0.1, 0.15) is 24.4 Å². The van der Waals surface area contributed by atoms with Gasteiger partial charge in [-0.2, -0.15) is 15.1 Å². The molecular formula is C23H29N9O2S. The Morgan fingerprint density at radius 3 is 2.77 bits per heavy atom. The summed E-state index contributed by atoms with van der Waals surface area (Å²) in [5.74, 6) is 1.08. The molecule has 0 atom stereocenters. The first-order valence-corrected chi connectivity index (χ1v) is 13.4. The number of anilines is 4. The molecule has 0 aliphatic carbocycles. The van der Waals surface area contributed by atoms with Crippen LogP contribution in [0, 0.1) is 0 Å². The summed E-state index contributed by atoms with van der Waals surface area (Å²) in [6, 6.07) is 9.69. The van der Waals surface area contributed by atoms with Gasteiger partial charge in [-0.1, -0.05) is 18.2 Å². The van der Waals surface area contributed by atoms with Crippen LogP contribution in [0.4, 0.5) is 23.1 Å². The van der Waals surface area contributed by atoms with Gasteiger partial charge in [-0.15, -0.1) is 0 Å². The third kappa shape index (κ3) is 5.08. The van der Waals surface area contributed by atoms with E-state index in [1.807, 2.05) is 41.3 Å². The minimum atomic E-state index is -3.38. The number of aromatic amines is 1. The minimum Gasteiger partial charge on any atom is -0.365 e. The Morgan fingerprint density at radius 1 is 1.17 bits per heavy atom. The summed E-state index contributed by atoms with van der Waals surface area (Å²) in [5, 5.41) is 15.4. The molecule has 4 N–H and O–H groups in total. The lowest BCUT2D eigenvalue weighted by Crippen LogP contribution is -2.29. The van der Waals surface area contributed by atoms with Gasteiger partial charge in [0.25, 0.3) is 0 Å². The Balaban J connectivity index is 1.37. The highest BCUT2D eigenvalue weighted by Gasteiger charge is 2.18. The number of H-pyrrole nitrogens is 1. The van der Waals surface area contributed by atoms with Gasteiger partial charge in [-0.05, 0) is 43.6 Å². The Kier molecular flexibility index (Phi) is 6.31. The number of para-hydroxylation sites is 1. The van der Waals surface area contributed by atoms with E-state index >= 15 is 0 Å². The summed E-state index contributed by atoms with van der Waals surface area (Å²) in [4.78, 5) is 12.4. The van der Waals surface area contributed by atoms with Gasteiger partial charge in [-0.25, -0.2) is 8.42 Å². The van der Waals surface area contributed by atoms with Crippen molar-refractivity contribution >= 4 is 44.2 Å². The molecule has 11 nitrogen and oxygen atoms in total. The zero-order chi connectivity index (χ0) is 24.4. The molecule has 0 spiro atoms. The molecule has 5 rings (SSSR count). The molecule has 1 fully saturated rings. The molecule has 0 saturated carbocycles. The van der Waals surface area contributed by atoms with Crippen LogP contribution in [0.15, 0.2) is 48.9 Å². The Bertz CT molecular complexity index is 1420. The number of nitrogens with zero attached hydrogens (tertiary/aromatic N) is 5. The van der Waals surface area contributed by atoms with E-state index < -0.39 is 10.0 Å². The standard InChI is InChI=1S/C23H29N9O2S/c1-31(35(2,33)34)20-6-4-3-5-16(20)13-26-22-19-9-12-25-21(19)29-23(30-22)28-17-14-27-32(15-17)18-7-10-24-11-8-18/h3-6,9,12,14-15,18,24H,7-8,10-11,13H2,1-2H3,(H3,25,26,28,29,30). The van der Waals surface area contributed by atoms with Crippen LogP contribution in [-0.4, -0.2) is 59.5 Å². The lowest BCUT2D eigenvalue weighted by Gasteiger charge is -2.22. The van der Waals surface area contributed by atoms with Crippen molar-refractivity contribution in [2.75, 3.05) is 41.3 Å². The number of fused-ring (bicyclic) bond motifs is 1. The Morgan fingerprint density at radius 2 is 1.97 bits per heavy atom. The zero-order valence-corrected chi connectivity index (χ0v) is 20.5. The lowest BCUT2D eigenvalue weighted by atomic mass is 10.1. The van der Waals surface area contributed by atoms with Crippen LogP contribution in [0.25, 0.3) is 11.0 Å². The quantitative estimate of drug-likeness (QED) is 0.293. The molecule has 0 bridgehead atoms. The van der Waals surface area contributed by atoms with Crippen molar-refractivity contribution in [3.8, 4) is 0 Å². The first kappa shape index (κ1) is 23.1. The number of hydrogen-bond acceptors (Lipinski definition) is 8. The van der Waals surface area contributed by atoms with Crippen LogP contribution in [0.5, 0.6) is 0 Å². The van der Waals surface area contributed by atoms with Gasteiger partial charge < -0.3 is 20.9 Å². The van der Waals surface area contributed by atoms with Crippen molar-refractivity contribution in [2.24, 2.45) is 0 Å². The second-order valence-corrected chi connectivity index (χ2v) is 10.7. The van der Waals surface area contributed by atoms with Crippen LogP contribution in [0.2, 0.25) is 0 Å². The van der Waals surface area contributed by atoms with Gasteiger partial charge >= 0.3 is 0 Å². The molecule has 35 heavy (non-hydrogen) atoms.